The van der Waals surface area contributed by atoms with Crippen molar-refractivity contribution in [1.82, 2.24) is 14.7 Å². The summed E-state index contributed by atoms with van der Waals surface area (Å²) in [5.41, 5.74) is 4.07. The second kappa shape index (κ2) is 15.4. The SMILES string of the molecule is O=C(c1cc(C(=O)N2CCN(c3cccc(Cl)c3)CC2)cc(C(=O)N2CCN(c3cccc(Cl)c3)CC2)c1)N1CCN(c2cccc(Cl)c2)CC1. The third-order valence-electron chi connectivity index (χ3n) is 9.89. The summed E-state index contributed by atoms with van der Waals surface area (Å²) >= 11 is 18.7. The molecule has 264 valence electrons. The number of piperazine rings is 3. The number of hydrogen-bond acceptors (Lipinski definition) is 6. The van der Waals surface area contributed by atoms with E-state index < -0.39 is 0 Å². The van der Waals surface area contributed by atoms with E-state index in [0.29, 0.717) is 110 Å². The largest absolute Gasteiger partial charge is 0.368 e. The van der Waals surface area contributed by atoms with Gasteiger partial charge in [-0.05, 0) is 72.8 Å². The van der Waals surface area contributed by atoms with Crippen LogP contribution in [-0.2, 0) is 0 Å². The maximum absolute atomic E-state index is 14.1. The average molecular weight is 746 g/mol. The van der Waals surface area contributed by atoms with Crippen LogP contribution in [-0.4, -0.2) is 111 Å². The lowest BCUT2D eigenvalue weighted by Crippen LogP contribution is -2.50. The summed E-state index contributed by atoms with van der Waals surface area (Å²) in [7, 11) is 0. The lowest BCUT2D eigenvalue weighted by atomic mass is 10.0. The molecule has 51 heavy (non-hydrogen) atoms. The fraction of sp³-hybridized carbons (Fsp3) is 0.308. The summed E-state index contributed by atoms with van der Waals surface area (Å²) < 4.78 is 0. The highest BCUT2D eigenvalue weighted by molar-refractivity contribution is 6.31. The molecule has 3 saturated heterocycles. The van der Waals surface area contributed by atoms with Gasteiger partial charge in [-0.25, -0.2) is 0 Å². The predicted octanol–water partition coefficient (Wildman–Crippen LogP) is 6.53. The summed E-state index contributed by atoms with van der Waals surface area (Å²) in [5.74, 6) is -0.581. The molecule has 3 amide bonds. The maximum Gasteiger partial charge on any atom is 0.254 e. The molecular weight excluding hydrogens is 707 g/mol. The van der Waals surface area contributed by atoms with Gasteiger partial charge in [-0.1, -0.05) is 53.0 Å². The summed E-state index contributed by atoms with van der Waals surface area (Å²) in [4.78, 5) is 54.2. The molecule has 0 atom stereocenters. The topological polar surface area (TPSA) is 70.6 Å². The normalized spacial score (nSPS) is 16.8. The van der Waals surface area contributed by atoms with Crippen LogP contribution in [0, 0.1) is 0 Å². The van der Waals surface area contributed by atoms with E-state index in [1.54, 1.807) is 32.9 Å². The summed E-state index contributed by atoms with van der Waals surface area (Å²) in [6.07, 6.45) is 0. The van der Waals surface area contributed by atoms with Crippen molar-refractivity contribution in [3.63, 3.8) is 0 Å². The highest BCUT2D eigenvalue weighted by atomic mass is 35.5. The molecule has 4 aromatic carbocycles. The Bertz CT molecular complexity index is 1690. The Morgan fingerprint density at radius 3 is 0.863 bits per heavy atom. The molecule has 0 aliphatic carbocycles. The highest BCUT2D eigenvalue weighted by Crippen LogP contribution is 2.26. The van der Waals surface area contributed by atoms with Gasteiger partial charge in [0.25, 0.3) is 17.7 Å². The van der Waals surface area contributed by atoms with Gasteiger partial charge >= 0.3 is 0 Å². The Kier molecular flexibility index (Phi) is 10.6. The Morgan fingerprint density at radius 1 is 0.373 bits per heavy atom. The first kappa shape index (κ1) is 35.0. The zero-order valence-electron chi connectivity index (χ0n) is 28.2. The van der Waals surface area contributed by atoms with Crippen LogP contribution in [0.2, 0.25) is 15.1 Å². The van der Waals surface area contributed by atoms with Gasteiger partial charge in [0.1, 0.15) is 0 Å². The van der Waals surface area contributed by atoms with Crippen molar-refractivity contribution in [3.05, 3.63) is 123 Å². The number of hydrogen-bond donors (Lipinski definition) is 0. The van der Waals surface area contributed by atoms with Gasteiger partial charge in [0.2, 0.25) is 0 Å². The van der Waals surface area contributed by atoms with Crippen molar-refractivity contribution in [2.24, 2.45) is 0 Å². The summed E-state index contributed by atoms with van der Waals surface area (Å²) in [5, 5.41) is 2.00. The van der Waals surface area contributed by atoms with Crippen LogP contribution in [0.3, 0.4) is 0 Å². The van der Waals surface area contributed by atoms with E-state index >= 15 is 0 Å². The first-order valence-corrected chi connectivity index (χ1v) is 18.4. The van der Waals surface area contributed by atoms with Gasteiger partial charge in [0.15, 0.2) is 0 Å². The minimum absolute atomic E-state index is 0.194. The zero-order valence-corrected chi connectivity index (χ0v) is 30.5. The van der Waals surface area contributed by atoms with Crippen LogP contribution >= 0.6 is 34.8 Å². The molecule has 0 N–H and O–H groups in total. The minimum Gasteiger partial charge on any atom is -0.368 e. The number of halogens is 3. The molecule has 12 heteroatoms. The molecule has 7 rings (SSSR count). The van der Waals surface area contributed by atoms with Gasteiger partial charge in [0, 0.05) is 127 Å². The minimum atomic E-state index is -0.194. The molecule has 0 spiro atoms. The van der Waals surface area contributed by atoms with Crippen LogP contribution in [0.15, 0.2) is 91.0 Å². The van der Waals surface area contributed by atoms with E-state index in [4.69, 9.17) is 34.8 Å². The number of nitrogens with zero attached hydrogens (tertiary/aromatic N) is 6. The van der Waals surface area contributed by atoms with Crippen LogP contribution < -0.4 is 14.7 Å². The van der Waals surface area contributed by atoms with Crippen LogP contribution in [0.1, 0.15) is 31.1 Å². The Morgan fingerprint density at radius 2 is 0.627 bits per heavy atom. The zero-order chi connectivity index (χ0) is 35.5. The van der Waals surface area contributed by atoms with Gasteiger partial charge in [-0.15, -0.1) is 0 Å². The van der Waals surface area contributed by atoms with Gasteiger partial charge in [-0.3, -0.25) is 14.4 Å². The van der Waals surface area contributed by atoms with E-state index in [1.807, 2.05) is 72.8 Å². The third-order valence-corrected chi connectivity index (χ3v) is 10.6. The molecule has 0 aromatic heterocycles. The van der Waals surface area contributed by atoms with Crippen LogP contribution in [0.5, 0.6) is 0 Å². The van der Waals surface area contributed by atoms with Crippen molar-refractivity contribution in [2.45, 2.75) is 0 Å². The quantitative estimate of drug-likeness (QED) is 0.224. The van der Waals surface area contributed by atoms with Crippen LogP contribution in [0.25, 0.3) is 0 Å². The number of anilines is 3. The number of carbonyl (C=O) groups excluding carboxylic acids is 3. The van der Waals surface area contributed by atoms with Gasteiger partial charge in [-0.2, -0.15) is 0 Å². The number of amides is 3. The number of rotatable bonds is 6. The van der Waals surface area contributed by atoms with E-state index in [1.165, 1.54) is 0 Å². The first-order valence-electron chi connectivity index (χ1n) is 17.3. The molecule has 3 aliphatic heterocycles. The first-order chi connectivity index (χ1) is 24.7. The van der Waals surface area contributed by atoms with Crippen molar-refractivity contribution in [1.29, 1.82) is 0 Å². The summed E-state index contributed by atoms with van der Waals surface area (Å²) in [6, 6.07) is 28.1. The van der Waals surface area contributed by atoms with Crippen molar-refractivity contribution in [2.75, 3.05) is 93.2 Å². The maximum atomic E-state index is 14.1. The Labute approximate surface area is 313 Å². The molecule has 0 saturated carbocycles. The van der Waals surface area contributed by atoms with E-state index in [-0.39, 0.29) is 17.7 Å². The van der Waals surface area contributed by atoms with E-state index in [9.17, 15) is 14.4 Å². The van der Waals surface area contributed by atoms with Crippen LogP contribution in [0.4, 0.5) is 17.1 Å². The third kappa shape index (κ3) is 8.06. The molecule has 0 bridgehead atoms. The molecule has 0 radical (unpaired) electrons. The van der Waals surface area contributed by atoms with E-state index in [2.05, 4.69) is 14.7 Å². The average Bonchev–Trinajstić information content (AvgIpc) is 3.17. The number of benzene rings is 4. The standard InChI is InChI=1S/C39H39Cl3N6O3/c40-31-4-1-7-34(25-31)43-10-16-46(17-11-43)37(49)28-22-29(38(50)47-18-12-44(13-19-47)35-8-2-5-32(41)26-35)24-30(23-28)39(51)48-20-14-45(15-21-48)36-9-3-6-33(42)27-36/h1-9,22-27H,10-21H2. The molecule has 9 nitrogen and oxygen atoms in total. The molecule has 0 unspecified atom stereocenters. The fourth-order valence-corrected chi connectivity index (χ4v) is 7.62. The lowest BCUT2D eigenvalue weighted by molar-refractivity contribution is 0.0743. The van der Waals surface area contributed by atoms with Crippen molar-refractivity contribution >= 4 is 69.6 Å². The molecule has 3 heterocycles. The van der Waals surface area contributed by atoms with Gasteiger partial charge < -0.3 is 29.4 Å². The predicted molar refractivity (Wildman–Crippen MR) is 205 cm³/mol. The Balaban J connectivity index is 1.09. The molecular formula is C39H39Cl3N6O3. The van der Waals surface area contributed by atoms with Crippen molar-refractivity contribution in [3.8, 4) is 0 Å². The fourth-order valence-electron chi connectivity index (χ4n) is 7.07. The number of carbonyl (C=O) groups is 3. The van der Waals surface area contributed by atoms with Crippen molar-refractivity contribution < 1.29 is 14.4 Å². The van der Waals surface area contributed by atoms with E-state index in [0.717, 1.165) is 17.1 Å². The highest BCUT2D eigenvalue weighted by Gasteiger charge is 2.29. The second-order valence-corrected chi connectivity index (χ2v) is 14.4. The lowest BCUT2D eigenvalue weighted by Gasteiger charge is -2.37. The molecule has 3 fully saturated rings. The molecule has 4 aromatic rings. The second-order valence-electron chi connectivity index (χ2n) is 13.1. The molecule has 3 aliphatic rings. The monoisotopic (exact) mass is 744 g/mol. The Hall–Kier alpha value is -4.44. The van der Waals surface area contributed by atoms with Gasteiger partial charge in [0.05, 0.1) is 0 Å². The summed E-state index contributed by atoms with van der Waals surface area (Å²) in [6.45, 7) is 6.88. The smallest absolute Gasteiger partial charge is 0.254 e.